The maximum Gasteiger partial charge on any atom is 0.249 e. The second-order valence-corrected chi connectivity index (χ2v) is 8.94. The van der Waals surface area contributed by atoms with Gasteiger partial charge in [-0.2, -0.15) is 0 Å². The van der Waals surface area contributed by atoms with Gasteiger partial charge in [0, 0.05) is 17.1 Å². The standard InChI is InChI=1S/C15H19N3O2S2/c1-15-7-6-12(19)18(15)10(8-21-15)13(20)17-14-16-9-4-2-3-5-11(9)22-14/h10H,2-8H2,1H3,(H,16,17,20)/t10-,15-/m1/s1. The fourth-order valence-electron chi connectivity index (χ4n) is 3.61. The second-order valence-electron chi connectivity index (χ2n) is 6.35. The van der Waals surface area contributed by atoms with Crippen molar-refractivity contribution in [2.45, 2.75) is 56.4 Å². The van der Waals surface area contributed by atoms with E-state index >= 15 is 0 Å². The molecule has 0 radical (unpaired) electrons. The molecule has 22 heavy (non-hydrogen) atoms. The van der Waals surface area contributed by atoms with Gasteiger partial charge in [0.05, 0.1) is 10.6 Å². The Balaban J connectivity index is 1.50. The molecule has 2 atom stereocenters. The summed E-state index contributed by atoms with van der Waals surface area (Å²) < 4.78 is 0. The third kappa shape index (κ3) is 2.25. The molecule has 2 fully saturated rings. The fourth-order valence-corrected chi connectivity index (χ4v) is 6.09. The zero-order valence-electron chi connectivity index (χ0n) is 12.6. The van der Waals surface area contributed by atoms with E-state index in [1.165, 1.54) is 17.7 Å². The first-order valence-electron chi connectivity index (χ1n) is 7.82. The van der Waals surface area contributed by atoms with Crippen molar-refractivity contribution in [3.63, 3.8) is 0 Å². The number of carbonyl (C=O) groups excluding carboxylic acids is 2. The molecule has 1 aromatic heterocycles. The van der Waals surface area contributed by atoms with Crippen molar-refractivity contribution in [2.24, 2.45) is 0 Å². The molecule has 1 N–H and O–H groups in total. The van der Waals surface area contributed by atoms with Crippen LogP contribution in [0.1, 0.15) is 43.2 Å². The van der Waals surface area contributed by atoms with Crippen molar-refractivity contribution in [1.29, 1.82) is 0 Å². The monoisotopic (exact) mass is 337 g/mol. The molecule has 2 aliphatic heterocycles. The zero-order chi connectivity index (χ0) is 15.3. The first-order chi connectivity index (χ1) is 10.6. The van der Waals surface area contributed by atoms with Gasteiger partial charge in [0.1, 0.15) is 6.04 Å². The highest BCUT2D eigenvalue weighted by Crippen LogP contribution is 2.47. The van der Waals surface area contributed by atoms with E-state index in [-0.39, 0.29) is 22.7 Å². The van der Waals surface area contributed by atoms with Crippen LogP contribution >= 0.6 is 23.1 Å². The van der Waals surface area contributed by atoms with E-state index in [0.717, 1.165) is 25.0 Å². The Morgan fingerprint density at radius 3 is 3.00 bits per heavy atom. The number of rotatable bonds is 2. The lowest BCUT2D eigenvalue weighted by Crippen LogP contribution is -2.48. The number of aryl methyl sites for hydroxylation is 2. The number of thioether (sulfide) groups is 1. The van der Waals surface area contributed by atoms with E-state index < -0.39 is 0 Å². The predicted octanol–water partition coefficient (Wildman–Crippen LogP) is 2.41. The smallest absolute Gasteiger partial charge is 0.249 e. The molecule has 0 spiro atoms. The summed E-state index contributed by atoms with van der Waals surface area (Å²) in [6.07, 6.45) is 5.88. The van der Waals surface area contributed by atoms with Crippen molar-refractivity contribution in [2.75, 3.05) is 11.1 Å². The Hall–Kier alpha value is -1.08. The number of fused-ring (bicyclic) bond motifs is 2. The highest BCUT2D eigenvalue weighted by molar-refractivity contribution is 8.01. The summed E-state index contributed by atoms with van der Waals surface area (Å²) >= 11 is 3.31. The van der Waals surface area contributed by atoms with Gasteiger partial charge >= 0.3 is 0 Å². The summed E-state index contributed by atoms with van der Waals surface area (Å²) in [4.78, 5) is 32.2. The SMILES string of the molecule is C[C@@]12CCC(=O)N1[C@@H](C(=O)Nc1nc3c(s1)CCCC3)CS2. The molecule has 2 saturated heterocycles. The minimum absolute atomic E-state index is 0.0856. The van der Waals surface area contributed by atoms with E-state index in [2.05, 4.69) is 17.2 Å². The van der Waals surface area contributed by atoms with E-state index in [4.69, 9.17) is 0 Å². The normalized spacial score (nSPS) is 30.3. The average Bonchev–Trinajstić information content (AvgIpc) is 3.12. The molecule has 0 aromatic carbocycles. The zero-order valence-corrected chi connectivity index (χ0v) is 14.2. The van der Waals surface area contributed by atoms with Crippen LogP contribution in [0.2, 0.25) is 0 Å². The van der Waals surface area contributed by atoms with Crippen LogP contribution in [0.15, 0.2) is 0 Å². The summed E-state index contributed by atoms with van der Waals surface area (Å²) in [7, 11) is 0. The quantitative estimate of drug-likeness (QED) is 0.900. The number of aromatic nitrogens is 1. The molecule has 3 heterocycles. The minimum atomic E-state index is -0.356. The van der Waals surface area contributed by atoms with Gasteiger partial charge in [-0.3, -0.25) is 9.59 Å². The molecule has 2 amide bonds. The maximum atomic E-state index is 12.6. The second kappa shape index (κ2) is 5.23. The van der Waals surface area contributed by atoms with E-state index in [1.807, 2.05) is 0 Å². The Labute approximate surface area is 137 Å². The number of hydrogen-bond donors (Lipinski definition) is 1. The van der Waals surface area contributed by atoms with Gasteiger partial charge in [-0.25, -0.2) is 4.98 Å². The van der Waals surface area contributed by atoms with Crippen LogP contribution in [0.3, 0.4) is 0 Å². The van der Waals surface area contributed by atoms with Gasteiger partial charge < -0.3 is 10.2 Å². The summed E-state index contributed by atoms with van der Waals surface area (Å²) in [5, 5.41) is 3.65. The predicted molar refractivity (Wildman–Crippen MR) is 88.1 cm³/mol. The van der Waals surface area contributed by atoms with Crippen LogP contribution < -0.4 is 5.32 Å². The highest BCUT2D eigenvalue weighted by Gasteiger charge is 2.52. The van der Waals surface area contributed by atoms with Crippen LogP contribution in [0.25, 0.3) is 0 Å². The molecule has 5 nitrogen and oxygen atoms in total. The topological polar surface area (TPSA) is 62.3 Å². The van der Waals surface area contributed by atoms with Crippen molar-refractivity contribution >= 4 is 40.0 Å². The molecular weight excluding hydrogens is 318 g/mol. The molecule has 118 valence electrons. The Morgan fingerprint density at radius 2 is 2.18 bits per heavy atom. The van der Waals surface area contributed by atoms with E-state index in [9.17, 15) is 9.59 Å². The van der Waals surface area contributed by atoms with Crippen molar-refractivity contribution in [1.82, 2.24) is 9.88 Å². The molecule has 1 aliphatic carbocycles. The summed E-state index contributed by atoms with van der Waals surface area (Å²) in [5.74, 6) is 0.697. The van der Waals surface area contributed by atoms with E-state index in [0.29, 0.717) is 17.3 Å². The minimum Gasteiger partial charge on any atom is -0.315 e. The number of anilines is 1. The number of nitrogens with zero attached hydrogens (tertiary/aromatic N) is 2. The first kappa shape index (κ1) is 14.5. The summed E-state index contributed by atoms with van der Waals surface area (Å²) in [6, 6.07) is -0.356. The number of hydrogen-bond acceptors (Lipinski definition) is 5. The third-order valence-electron chi connectivity index (χ3n) is 4.82. The molecule has 3 aliphatic rings. The molecule has 0 saturated carbocycles. The van der Waals surface area contributed by atoms with Crippen LogP contribution in [-0.4, -0.2) is 38.4 Å². The van der Waals surface area contributed by atoms with E-state index in [1.54, 1.807) is 28.0 Å². The maximum absolute atomic E-state index is 12.6. The summed E-state index contributed by atoms with van der Waals surface area (Å²) in [6.45, 7) is 2.07. The Kier molecular flexibility index (Phi) is 3.45. The van der Waals surface area contributed by atoms with Gasteiger partial charge in [0.2, 0.25) is 11.8 Å². The summed E-state index contributed by atoms with van der Waals surface area (Å²) in [5.41, 5.74) is 1.15. The lowest BCUT2D eigenvalue weighted by atomic mass is 10.0. The number of amides is 2. The van der Waals surface area contributed by atoms with Gasteiger partial charge in [0.25, 0.3) is 0 Å². The molecular formula is C15H19N3O2S2. The fraction of sp³-hybridized carbons (Fsp3) is 0.667. The molecule has 7 heteroatoms. The van der Waals surface area contributed by atoms with Gasteiger partial charge in [0.15, 0.2) is 5.13 Å². The Bertz CT molecular complexity index is 621. The van der Waals surface area contributed by atoms with Crippen molar-refractivity contribution in [3.05, 3.63) is 10.6 Å². The lowest BCUT2D eigenvalue weighted by molar-refractivity contribution is -0.135. The largest absolute Gasteiger partial charge is 0.315 e. The number of carbonyl (C=O) groups is 2. The van der Waals surface area contributed by atoms with Crippen molar-refractivity contribution in [3.8, 4) is 0 Å². The number of nitrogens with one attached hydrogen (secondary N) is 1. The third-order valence-corrected chi connectivity index (χ3v) is 7.40. The molecule has 0 unspecified atom stereocenters. The molecule has 1 aromatic rings. The van der Waals surface area contributed by atoms with Gasteiger partial charge in [-0.15, -0.1) is 23.1 Å². The van der Waals surface area contributed by atoms with Crippen LogP contribution in [0, 0.1) is 0 Å². The first-order valence-corrected chi connectivity index (χ1v) is 9.63. The van der Waals surface area contributed by atoms with Crippen LogP contribution in [0.4, 0.5) is 5.13 Å². The van der Waals surface area contributed by atoms with Gasteiger partial charge in [-0.05, 0) is 39.0 Å². The molecule has 4 rings (SSSR count). The Morgan fingerprint density at radius 1 is 1.36 bits per heavy atom. The molecule has 0 bridgehead atoms. The van der Waals surface area contributed by atoms with Gasteiger partial charge in [-0.1, -0.05) is 0 Å². The average molecular weight is 337 g/mol. The highest BCUT2D eigenvalue weighted by atomic mass is 32.2. The van der Waals surface area contributed by atoms with Crippen molar-refractivity contribution < 1.29 is 9.59 Å². The number of thiazole rings is 1. The van der Waals surface area contributed by atoms with Crippen LogP contribution in [-0.2, 0) is 22.4 Å². The lowest BCUT2D eigenvalue weighted by Gasteiger charge is -2.29. The van der Waals surface area contributed by atoms with Crippen LogP contribution in [0.5, 0.6) is 0 Å².